The highest BCUT2D eigenvalue weighted by molar-refractivity contribution is 5.86. The lowest BCUT2D eigenvalue weighted by Gasteiger charge is -2.38. The molecule has 28 heavy (non-hydrogen) atoms. The number of piperidine rings is 1. The highest BCUT2D eigenvalue weighted by Gasteiger charge is 2.41. The molecular weight excluding hydrogens is 362 g/mol. The van der Waals surface area contributed by atoms with Gasteiger partial charge in [-0.1, -0.05) is 30.3 Å². The minimum Gasteiger partial charge on any atom is -0.379 e. The summed E-state index contributed by atoms with van der Waals surface area (Å²) in [5, 5.41) is 13.8. The lowest BCUT2D eigenvalue weighted by atomic mass is 9.91. The highest BCUT2D eigenvalue weighted by Crippen LogP contribution is 2.23. The Kier molecular flexibility index (Phi) is 6.75. The van der Waals surface area contributed by atoms with Crippen molar-refractivity contribution in [3.8, 4) is 0 Å². The molecule has 0 aliphatic carbocycles. The maximum atomic E-state index is 13.3. The van der Waals surface area contributed by atoms with Gasteiger partial charge in [-0.2, -0.15) is 0 Å². The Hall–Kier alpha value is -2.31. The zero-order valence-electron chi connectivity index (χ0n) is 15.8. The molecule has 150 valence electrons. The molecule has 0 aromatic heterocycles. The van der Waals surface area contributed by atoms with E-state index in [0.717, 1.165) is 25.3 Å². The molecule has 0 unspecified atom stereocenters. The van der Waals surface area contributed by atoms with E-state index in [2.05, 4.69) is 17.4 Å². The van der Waals surface area contributed by atoms with Crippen molar-refractivity contribution in [3.05, 3.63) is 71.3 Å². The fourth-order valence-corrected chi connectivity index (χ4v) is 3.69. The van der Waals surface area contributed by atoms with Crippen LogP contribution in [0.15, 0.2) is 48.5 Å². The van der Waals surface area contributed by atoms with E-state index in [9.17, 15) is 18.7 Å². The summed E-state index contributed by atoms with van der Waals surface area (Å²) in [5.41, 5.74) is 0.187. The molecule has 3 rings (SSSR count). The summed E-state index contributed by atoms with van der Waals surface area (Å²) >= 11 is 0. The molecule has 2 N–H and O–H groups in total. The molecule has 4 nitrogen and oxygen atoms in total. The van der Waals surface area contributed by atoms with Crippen molar-refractivity contribution in [1.29, 1.82) is 0 Å². The van der Waals surface area contributed by atoms with Crippen LogP contribution in [0.25, 0.3) is 0 Å². The number of amides is 1. The number of halogens is 2. The Morgan fingerprint density at radius 2 is 1.79 bits per heavy atom. The van der Waals surface area contributed by atoms with Gasteiger partial charge in [0, 0.05) is 32.2 Å². The number of carbonyl (C=O) groups excluding carboxylic acids is 1. The van der Waals surface area contributed by atoms with Crippen LogP contribution in [0, 0.1) is 11.6 Å². The van der Waals surface area contributed by atoms with Gasteiger partial charge in [-0.25, -0.2) is 8.78 Å². The molecule has 0 radical (unpaired) electrons. The summed E-state index contributed by atoms with van der Waals surface area (Å²) in [4.78, 5) is 14.5. The van der Waals surface area contributed by atoms with Gasteiger partial charge in [0.05, 0.1) is 0 Å². The summed E-state index contributed by atoms with van der Waals surface area (Å²) in [6, 6.07) is 13.4. The molecule has 1 aliphatic rings. The summed E-state index contributed by atoms with van der Waals surface area (Å²) in [6.07, 6.45) is 2.82. The van der Waals surface area contributed by atoms with Crippen molar-refractivity contribution < 1.29 is 18.7 Å². The smallest absolute Gasteiger partial charge is 0.255 e. The molecule has 1 fully saturated rings. The average molecular weight is 388 g/mol. The van der Waals surface area contributed by atoms with Crippen LogP contribution in [-0.2, 0) is 17.8 Å². The van der Waals surface area contributed by atoms with Crippen molar-refractivity contribution >= 4 is 5.91 Å². The molecule has 1 saturated heterocycles. The van der Waals surface area contributed by atoms with Gasteiger partial charge in [-0.3, -0.25) is 4.79 Å². The largest absolute Gasteiger partial charge is 0.379 e. The van der Waals surface area contributed by atoms with Crippen LogP contribution < -0.4 is 5.32 Å². The highest BCUT2D eigenvalue weighted by atomic mass is 19.1. The summed E-state index contributed by atoms with van der Waals surface area (Å²) in [6.45, 7) is 1.48. The number of carbonyl (C=O) groups is 1. The molecule has 6 heteroatoms. The number of likely N-dealkylation sites (tertiary alicyclic amines) is 1. The van der Waals surface area contributed by atoms with Crippen molar-refractivity contribution in [2.45, 2.75) is 37.8 Å². The Bertz CT molecular complexity index is 780. The normalized spacial score (nSPS) is 19.8. The fraction of sp³-hybridized carbons (Fsp3) is 0.409. The molecule has 1 aliphatic heterocycles. The summed E-state index contributed by atoms with van der Waals surface area (Å²) < 4.78 is 26.5. The third kappa shape index (κ3) is 5.36. The molecule has 0 bridgehead atoms. The quantitative estimate of drug-likeness (QED) is 0.731. The summed E-state index contributed by atoms with van der Waals surface area (Å²) in [7, 11) is 0. The van der Waals surface area contributed by atoms with Crippen molar-refractivity contribution in [2.75, 3.05) is 19.6 Å². The molecular formula is C22H26F2N2O2. The van der Waals surface area contributed by atoms with Crippen molar-refractivity contribution in [1.82, 2.24) is 10.2 Å². The fourth-order valence-electron chi connectivity index (χ4n) is 3.69. The zero-order valence-corrected chi connectivity index (χ0v) is 15.8. The molecule has 0 saturated carbocycles. The van der Waals surface area contributed by atoms with E-state index in [1.807, 2.05) is 18.2 Å². The number of nitrogens with one attached hydrogen (secondary N) is 1. The first kappa shape index (κ1) is 20.4. The van der Waals surface area contributed by atoms with Gasteiger partial charge in [0.1, 0.15) is 11.6 Å². The first-order valence-electron chi connectivity index (χ1n) is 9.68. The SMILES string of the molecule is O=C1N(CCCc2ccccc2)CCC[C@]1(O)CNCc1cc(F)cc(F)c1. The second-order valence-corrected chi connectivity index (χ2v) is 7.40. The van der Waals surface area contributed by atoms with Crippen molar-refractivity contribution in [3.63, 3.8) is 0 Å². The number of nitrogens with zero attached hydrogens (tertiary/aromatic N) is 1. The van der Waals surface area contributed by atoms with Gasteiger partial charge < -0.3 is 15.3 Å². The Morgan fingerprint density at radius 1 is 1.07 bits per heavy atom. The topological polar surface area (TPSA) is 52.6 Å². The van der Waals surface area contributed by atoms with E-state index in [-0.39, 0.29) is 19.0 Å². The molecule has 2 aromatic carbocycles. The monoisotopic (exact) mass is 388 g/mol. The number of hydrogen-bond acceptors (Lipinski definition) is 3. The van der Waals surface area contributed by atoms with Crippen LogP contribution in [0.4, 0.5) is 8.78 Å². The lowest BCUT2D eigenvalue weighted by molar-refractivity contribution is -0.156. The van der Waals surface area contributed by atoms with Gasteiger partial charge in [0.25, 0.3) is 5.91 Å². The van der Waals surface area contributed by atoms with E-state index in [1.165, 1.54) is 17.7 Å². The van der Waals surface area contributed by atoms with Crippen LogP contribution in [0.1, 0.15) is 30.4 Å². The van der Waals surface area contributed by atoms with Crippen LogP contribution in [0.5, 0.6) is 0 Å². The van der Waals surface area contributed by atoms with Gasteiger partial charge in [-0.05, 0) is 48.9 Å². The minimum absolute atomic E-state index is 0.0547. The van der Waals surface area contributed by atoms with Crippen molar-refractivity contribution in [2.24, 2.45) is 0 Å². The van der Waals surface area contributed by atoms with E-state index in [0.29, 0.717) is 25.1 Å². The van der Waals surface area contributed by atoms with Crippen LogP contribution in [-0.4, -0.2) is 41.1 Å². The minimum atomic E-state index is -1.48. The Morgan fingerprint density at radius 3 is 2.50 bits per heavy atom. The standard InChI is InChI=1S/C22H26F2N2O2/c23-19-12-18(13-20(24)14-19)15-25-16-22(28)9-5-11-26(21(22)27)10-4-8-17-6-2-1-3-7-17/h1-3,6-7,12-14,25,28H,4-5,8-11,15-16H2/t22-/m0/s1. The van der Waals surface area contributed by atoms with Crippen LogP contribution >= 0.6 is 0 Å². The van der Waals surface area contributed by atoms with Gasteiger partial charge >= 0.3 is 0 Å². The number of hydrogen-bond donors (Lipinski definition) is 2. The molecule has 1 amide bonds. The Balaban J connectivity index is 1.50. The molecule has 1 heterocycles. The van der Waals surface area contributed by atoms with E-state index < -0.39 is 17.2 Å². The van der Waals surface area contributed by atoms with Crippen LogP contribution in [0.3, 0.4) is 0 Å². The maximum Gasteiger partial charge on any atom is 0.255 e. The second kappa shape index (κ2) is 9.26. The first-order valence-corrected chi connectivity index (χ1v) is 9.68. The number of benzene rings is 2. The number of rotatable bonds is 8. The van der Waals surface area contributed by atoms with E-state index >= 15 is 0 Å². The second-order valence-electron chi connectivity index (χ2n) is 7.40. The maximum absolute atomic E-state index is 13.3. The van der Waals surface area contributed by atoms with E-state index in [1.54, 1.807) is 4.90 Å². The first-order chi connectivity index (χ1) is 13.5. The van der Waals surface area contributed by atoms with Gasteiger partial charge in [0.15, 0.2) is 5.60 Å². The lowest BCUT2D eigenvalue weighted by Crippen LogP contribution is -2.58. The Labute approximate surface area is 164 Å². The molecule has 2 aromatic rings. The number of aliphatic hydroxyl groups is 1. The van der Waals surface area contributed by atoms with Gasteiger partial charge in [0.2, 0.25) is 0 Å². The zero-order chi connectivity index (χ0) is 20.0. The average Bonchev–Trinajstić information content (AvgIpc) is 2.65. The van der Waals surface area contributed by atoms with Crippen LogP contribution in [0.2, 0.25) is 0 Å². The molecule has 0 spiro atoms. The predicted molar refractivity (Wildman–Crippen MR) is 104 cm³/mol. The third-order valence-electron chi connectivity index (χ3n) is 5.11. The predicted octanol–water partition coefficient (Wildman–Crippen LogP) is 3.04. The van der Waals surface area contributed by atoms with E-state index in [4.69, 9.17) is 0 Å². The van der Waals surface area contributed by atoms with Gasteiger partial charge in [-0.15, -0.1) is 0 Å². The molecule has 1 atom stereocenters. The summed E-state index contributed by atoms with van der Waals surface area (Å²) in [5.74, 6) is -1.56. The third-order valence-corrected chi connectivity index (χ3v) is 5.11. The number of aryl methyl sites for hydroxylation is 1.